The van der Waals surface area contributed by atoms with Crippen molar-refractivity contribution >= 4 is 22.4 Å². The molecule has 0 atom stereocenters. The molecule has 0 aliphatic heterocycles. The maximum Gasteiger partial charge on any atom is 0.277 e. The van der Waals surface area contributed by atoms with Crippen molar-refractivity contribution in [2.24, 2.45) is 5.10 Å². The monoisotopic (exact) mass is 378 g/mol. The Hall–Kier alpha value is -3.54. The summed E-state index contributed by atoms with van der Waals surface area (Å²) in [5.74, 6) is 1.54. The highest BCUT2D eigenvalue weighted by Gasteiger charge is 2.07. The third-order valence-corrected chi connectivity index (χ3v) is 4.24. The molecule has 0 aliphatic carbocycles. The van der Waals surface area contributed by atoms with E-state index in [2.05, 4.69) is 10.5 Å². The summed E-state index contributed by atoms with van der Waals surface area (Å²) in [5, 5.41) is 6.31. The molecule has 0 spiro atoms. The van der Waals surface area contributed by atoms with Gasteiger partial charge in [-0.05, 0) is 53.6 Å². The second kappa shape index (κ2) is 8.90. The maximum absolute atomic E-state index is 12.0. The van der Waals surface area contributed by atoms with Gasteiger partial charge in [0.05, 0.1) is 19.9 Å². The molecule has 3 aromatic carbocycles. The average molecular weight is 378 g/mol. The molecule has 0 saturated heterocycles. The van der Waals surface area contributed by atoms with E-state index in [0.717, 1.165) is 22.1 Å². The molecule has 3 rings (SSSR count). The predicted octanol–water partition coefficient (Wildman–Crippen LogP) is 3.78. The number of hydrazone groups is 1. The quantitative estimate of drug-likeness (QED) is 0.502. The van der Waals surface area contributed by atoms with Crippen LogP contribution >= 0.6 is 0 Å². The van der Waals surface area contributed by atoms with Crippen LogP contribution in [0.4, 0.5) is 0 Å². The molecule has 6 heteroatoms. The molecule has 28 heavy (non-hydrogen) atoms. The maximum atomic E-state index is 12.0. The highest BCUT2D eigenvalue weighted by atomic mass is 16.5. The van der Waals surface area contributed by atoms with Crippen molar-refractivity contribution in [3.8, 4) is 17.2 Å². The number of hydrogen-bond donors (Lipinski definition) is 1. The van der Waals surface area contributed by atoms with Gasteiger partial charge in [-0.3, -0.25) is 4.79 Å². The van der Waals surface area contributed by atoms with Gasteiger partial charge in [0.15, 0.2) is 18.1 Å². The fourth-order valence-electron chi connectivity index (χ4n) is 2.70. The zero-order chi connectivity index (χ0) is 19.9. The number of fused-ring (bicyclic) bond motifs is 1. The Balaban J connectivity index is 1.63. The SMILES string of the molecule is COc1ccc2cc(/C(C)=N/NC(=O)COc3ccccc3OC)ccc2c1. The molecule has 0 aliphatic rings. The van der Waals surface area contributed by atoms with Gasteiger partial charge in [0.2, 0.25) is 0 Å². The molecule has 0 bridgehead atoms. The lowest BCUT2D eigenvalue weighted by Crippen LogP contribution is -2.25. The van der Waals surface area contributed by atoms with Crippen molar-refractivity contribution in [3.63, 3.8) is 0 Å². The van der Waals surface area contributed by atoms with Crippen LogP contribution in [0.15, 0.2) is 65.8 Å². The fourth-order valence-corrected chi connectivity index (χ4v) is 2.70. The second-order valence-electron chi connectivity index (χ2n) is 6.10. The first-order valence-corrected chi connectivity index (χ1v) is 8.78. The topological polar surface area (TPSA) is 69.2 Å². The van der Waals surface area contributed by atoms with E-state index in [0.29, 0.717) is 17.2 Å². The number of ether oxygens (including phenoxy) is 3. The van der Waals surface area contributed by atoms with Crippen LogP contribution in [0.2, 0.25) is 0 Å². The normalized spacial score (nSPS) is 11.2. The van der Waals surface area contributed by atoms with Crippen LogP contribution in [0.3, 0.4) is 0 Å². The first-order chi connectivity index (χ1) is 13.6. The number of carbonyl (C=O) groups excluding carboxylic acids is 1. The first-order valence-electron chi connectivity index (χ1n) is 8.78. The number of nitrogens with one attached hydrogen (secondary N) is 1. The Bertz CT molecular complexity index is 1010. The standard InChI is InChI=1S/C22H22N2O4/c1-15(16-8-9-18-13-19(26-2)11-10-17(18)12-16)23-24-22(25)14-28-21-7-5-4-6-20(21)27-3/h4-13H,14H2,1-3H3,(H,24,25)/b23-15+. The lowest BCUT2D eigenvalue weighted by atomic mass is 10.0. The molecule has 144 valence electrons. The minimum absolute atomic E-state index is 0.158. The molecule has 0 heterocycles. The summed E-state index contributed by atoms with van der Waals surface area (Å²) in [6, 6.07) is 19.0. The molecule has 1 N–H and O–H groups in total. The van der Waals surface area contributed by atoms with Crippen molar-refractivity contribution < 1.29 is 19.0 Å². The molecule has 0 aromatic heterocycles. The van der Waals surface area contributed by atoms with Gasteiger partial charge in [-0.2, -0.15) is 5.10 Å². The van der Waals surface area contributed by atoms with Gasteiger partial charge in [-0.15, -0.1) is 0 Å². The number of carbonyl (C=O) groups is 1. The van der Waals surface area contributed by atoms with Crippen molar-refractivity contribution in [2.45, 2.75) is 6.92 Å². The summed E-state index contributed by atoms with van der Waals surface area (Å²) in [6.45, 7) is 1.68. The summed E-state index contributed by atoms with van der Waals surface area (Å²) in [6.07, 6.45) is 0. The van der Waals surface area contributed by atoms with Gasteiger partial charge < -0.3 is 14.2 Å². The largest absolute Gasteiger partial charge is 0.497 e. The number of hydrogen-bond acceptors (Lipinski definition) is 5. The number of benzene rings is 3. The Morgan fingerprint density at radius 1 is 0.929 bits per heavy atom. The molecule has 0 saturated carbocycles. The lowest BCUT2D eigenvalue weighted by Gasteiger charge is -2.09. The Morgan fingerprint density at radius 3 is 2.39 bits per heavy atom. The zero-order valence-electron chi connectivity index (χ0n) is 16.1. The number of nitrogens with zero attached hydrogens (tertiary/aromatic N) is 1. The van der Waals surface area contributed by atoms with Gasteiger partial charge >= 0.3 is 0 Å². The molecule has 0 unspecified atom stereocenters. The Morgan fingerprint density at radius 2 is 1.64 bits per heavy atom. The first kappa shape index (κ1) is 19.2. The van der Waals surface area contributed by atoms with E-state index in [9.17, 15) is 4.79 Å². The minimum Gasteiger partial charge on any atom is -0.497 e. The number of methoxy groups -OCH3 is 2. The van der Waals surface area contributed by atoms with E-state index in [1.165, 1.54) is 0 Å². The summed E-state index contributed by atoms with van der Waals surface area (Å²) < 4.78 is 15.9. The number of para-hydroxylation sites is 2. The molecule has 3 aromatic rings. The average Bonchev–Trinajstić information content (AvgIpc) is 2.75. The Labute approximate surface area is 163 Å². The smallest absolute Gasteiger partial charge is 0.277 e. The van der Waals surface area contributed by atoms with E-state index < -0.39 is 0 Å². The van der Waals surface area contributed by atoms with E-state index in [-0.39, 0.29) is 12.5 Å². The number of amides is 1. The van der Waals surface area contributed by atoms with E-state index in [1.807, 2.05) is 55.5 Å². The van der Waals surface area contributed by atoms with E-state index in [1.54, 1.807) is 26.4 Å². The van der Waals surface area contributed by atoms with Crippen molar-refractivity contribution in [1.82, 2.24) is 5.43 Å². The molecule has 0 radical (unpaired) electrons. The minimum atomic E-state index is -0.351. The Kier molecular flexibility index (Phi) is 6.11. The van der Waals surface area contributed by atoms with Crippen molar-refractivity contribution in [3.05, 3.63) is 66.2 Å². The molecule has 0 fully saturated rings. The van der Waals surface area contributed by atoms with Crippen LogP contribution in [-0.4, -0.2) is 32.4 Å². The van der Waals surface area contributed by atoms with E-state index in [4.69, 9.17) is 14.2 Å². The molecular weight excluding hydrogens is 356 g/mol. The van der Waals surface area contributed by atoms with E-state index >= 15 is 0 Å². The van der Waals surface area contributed by atoms with Crippen LogP contribution in [0.1, 0.15) is 12.5 Å². The number of rotatable bonds is 7. The van der Waals surface area contributed by atoms with Crippen LogP contribution in [-0.2, 0) is 4.79 Å². The molecule has 6 nitrogen and oxygen atoms in total. The zero-order valence-corrected chi connectivity index (χ0v) is 16.1. The lowest BCUT2D eigenvalue weighted by molar-refractivity contribution is -0.123. The van der Waals surface area contributed by atoms with Gasteiger partial charge in [0.25, 0.3) is 5.91 Å². The van der Waals surface area contributed by atoms with Crippen LogP contribution in [0.25, 0.3) is 10.8 Å². The van der Waals surface area contributed by atoms with Gasteiger partial charge in [0, 0.05) is 0 Å². The summed E-state index contributed by atoms with van der Waals surface area (Å²) in [5.41, 5.74) is 4.14. The summed E-state index contributed by atoms with van der Waals surface area (Å²) >= 11 is 0. The summed E-state index contributed by atoms with van der Waals surface area (Å²) in [4.78, 5) is 12.0. The van der Waals surface area contributed by atoms with Crippen molar-refractivity contribution in [2.75, 3.05) is 20.8 Å². The van der Waals surface area contributed by atoms with Gasteiger partial charge in [0.1, 0.15) is 5.75 Å². The van der Waals surface area contributed by atoms with Crippen LogP contribution < -0.4 is 19.6 Å². The predicted molar refractivity (Wildman–Crippen MR) is 109 cm³/mol. The second-order valence-corrected chi connectivity index (χ2v) is 6.10. The highest BCUT2D eigenvalue weighted by Crippen LogP contribution is 2.25. The van der Waals surface area contributed by atoms with Gasteiger partial charge in [-0.1, -0.05) is 30.3 Å². The van der Waals surface area contributed by atoms with Crippen LogP contribution in [0, 0.1) is 0 Å². The van der Waals surface area contributed by atoms with Gasteiger partial charge in [-0.25, -0.2) is 5.43 Å². The molecular formula is C22H22N2O4. The van der Waals surface area contributed by atoms with Crippen molar-refractivity contribution in [1.29, 1.82) is 0 Å². The third-order valence-electron chi connectivity index (χ3n) is 4.24. The fraction of sp³-hybridized carbons (Fsp3) is 0.182. The third kappa shape index (κ3) is 4.59. The summed E-state index contributed by atoms with van der Waals surface area (Å²) in [7, 11) is 3.20. The highest BCUT2D eigenvalue weighted by molar-refractivity contribution is 6.02. The van der Waals surface area contributed by atoms with Crippen LogP contribution in [0.5, 0.6) is 17.2 Å². The molecule has 1 amide bonds.